The van der Waals surface area contributed by atoms with Crippen LogP contribution in [0.2, 0.25) is 0 Å². The van der Waals surface area contributed by atoms with Gasteiger partial charge in [0.1, 0.15) is 6.29 Å². The predicted molar refractivity (Wildman–Crippen MR) is 47.7 cm³/mol. The molecule has 2 heteroatoms. The van der Waals surface area contributed by atoms with Gasteiger partial charge in [-0.05, 0) is 25.7 Å². The lowest BCUT2D eigenvalue weighted by molar-refractivity contribution is -0.105. The third-order valence-corrected chi connectivity index (χ3v) is 2.36. The Hall–Kier alpha value is -0.890. The molecule has 0 aromatic heterocycles. The average molecular weight is 166 g/mol. The fraction of sp³-hybridized carbons (Fsp3) is 0.500. The molecule has 2 nitrogen and oxygen atoms in total. The zero-order chi connectivity index (χ0) is 9.14. The number of rotatable bonds is 2. The molecule has 1 aliphatic rings. The topological polar surface area (TPSA) is 37.3 Å². The molecule has 0 aromatic rings. The molecule has 0 aromatic carbocycles. The smallest absolute Gasteiger partial charge is 0.148 e. The van der Waals surface area contributed by atoms with Crippen molar-refractivity contribution in [2.45, 2.75) is 25.9 Å². The van der Waals surface area contributed by atoms with Crippen molar-refractivity contribution in [2.24, 2.45) is 5.92 Å². The molecule has 1 N–H and O–H groups in total. The van der Waals surface area contributed by atoms with Gasteiger partial charge in [-0.3, -0.25) is 4.79 Å². The molecular formula is C10H14O2. The number of carbonyl (C=O) groups excluding carboxylic acids is 1. The fourth-order valence-electron chi connectivity index (χ4n) is 1.45. The number of hydrogen-bond donors (Lipinski definition) is 1. The average Bonchev–Trinajstić information content (AvgIpc) is 2.04. The van der Waals surface area contributed by atoms with Crippen molar-refractivity contribution < 1.29 is 9.90 Å². The molecule has 0 bridgehead atoms. The Morgan fingerprint density at radius 3 is 2.92 bits per heavy atom. The van der Waals surface area contributed by atoms with Gasteiger partial charge >= 0.3 is 0 Å². The van der Waals surface area contributed by atoms with E-state index in [0.717, 1.165) is 18.3 Å². The minimum Gasteiger partial charge on any atom is -0.388 e. The molecule has 0 saturated heterocycles. The first kappa shape index (κ1) is 9.20. The Balaban J connectivity index is 2.69. The van der Waals surface area contributed by atoms with Crippen molar-refractivity contribution in [1.82, 2.24) is 0 Å². The molecule has 1 rings (SSSR count). The summed E-state index contributed by atoms with van der Waals surface area (Å²) in [6.07, 6.45) is 3.43. The molecular weight excluding hydrogens is 152 g/mol. The maximum atomic E-state index is 10.4. The first-order valence-corrected chi connectivity index (χ1v) is 4.14. The van der Waals surface area contributed by atoms with Crippen molar-refractivity contribution in [3.63, 3.8) is 0 Å². The number of aliphatic hydroxyl groups excluding tert-OH is 1. The zero-order valence-corrected chi connectivity index (χ0v) is 7.29. The van der Waals surface area contributed by atoms with Gasteiger partial charge in [0.25, 0.3) is 0 Å². The number of aldehydes is 1. The van der Waals surface area contributed by atoms with Crippen LogP contribution >= 0.6 is 0 Å². The maximum absolute atomic E-state index is 10.4. The van der Waals surface area contributed by atoms with E-state index in [1.165, 1.54) is 0 Å². The van der Waals surface area contributed by atoms with E-state index in [4.69, 9.17) is 0 Å². The molecule has 2 atom stereocenters. The highest BCUT2D eigenvalue weighted by Crippen LogP contribution is 2.27. The molecule has 0 saturated carbocycles. The molecule has 0 fully saturated rings. The SMILES string of the molecule is C=C(C)C1CC=C(C=O)C(O)C1. The van der Waals surface area contributed by atoms with Crippen LogP contribution in [0.3, 0.4) is 0 Å². The lowest BCUT2D eigenvalue weighted by Gasteiger charge is -2.24. The first-order valence-electron chi connectivity index (χ1n) is 4.14. The summed E-state index contributed by atoms with van der Waals surface area (Å²) < 4.78 is 0. The van der Waals surface area contributed by atoms with E-state index in [-0.39, 0.29) is 0 Å². The third kappa shape index (κ3) is 1.83. The van der Waals surface area contributed by atoms with Crippen molar-refractivity contribution in [3.8, 4) is 0 Å². The molecule has 0 amide bonds. The first-order chi connectivity index (χ1) is 5.65. The second-order valence-electron chi connectivity index (χ2n) is 3.35. The van der Waals surface area contributed by atoms with Gasteiger partial charge in [-0.2, -0.15) is 0 Å². The maximum Gasteiger partial charge on any atom is 0.148 e. The second kappa shape index (κ2) is 3.68. The normalized spacial score (nSPS) is 29.3. The molecule has 1 aliphatic carbocycles. The fourth-order valence-corrected chi connectivity index (χ4v) is 1.45. The van der Waals surface area contributed by atoms with Gasteiger partial charge in [-0.1, -0.05) is 18.2 Å². The van der Waals surface area contributed by atoms with E-state index in [1.807, 2.05) is 6.92 Å². The molecule has 0 spiro atoms. The standard InChI is InChI=1S/C10H14O2/c1-7(2)8-3-4-9(6-11)10(12)5-8/h4,6,8,10,12H,1,3,5H2,2H3. The molecule has 66 valence electrons. The summed E-state index contributed by atoms with van der Waals surface area (Å²) in [5.41, 5.74) is 1.60. The Labute approximate surface area is 72.6 Å². The zero-order valence-electron chi connectivity index (χ0n) is 7.29. The van der Waals surface area contributed by atoms with Crippen molar-refractivity contribution in [1.29, 1.82) is 0 Å². The van der Waals surface area contributed by atoms with Crippen LogP contribution in [0, 0.1) is 5.92 Å². The van der Waals surface area contributed by atoms with E-state index in [0.29, 0.717) is 17.9 Å². The van der Waals surface area contributed by atoms with Crippen LogP contribution in [0.1, 0.15) is 19.8 Å². The largest absolute Gasteiger partial charge is 0.388 e. The quantitative estimate of drug-likeness (QED) is 0.498. The number of aliphatic hydroxyl groups is 1. The highest BCUT2D eigenvalue weighted by molar-refractivity contribution is 5.74. The van der Waals surface area contributed by atoms with Crippen LogP contribution in [0.5, 0.6) is 0 Å². The lowest BCUT2D eigenvalue weighted by atomic mass is 9.84. The van der Waals surface area contributed by atoms with Crippen LogP contribution in [0.25, 0.3) is 0 Å². The highest BCUT2D eigenvalue weighted by Gasteiger charge is 2.21. The minimum absolute atomic E-state index is 0.337. The Morgan fingerprint density at radius 1 is 1.83 bits per heavy atom. The Bertz CT molecular complexity index is 228. The van der Waals surface area contributed by atoms with Crippen LogP contribution in [-0.4, -0.2) is 17.5 Å². The summed E-state index contributed by atoms with van der Waals surface area (Å²) in [5.74, 6) is 0.337. The summed E-state index contributed by atoms with van der Waals surface area (Å²) in [5, 5.41) is 9.45. The van der Waals surface area contributed by atoms with E-state index in [2.05, 4.69) is 6.58 Å². The molecule has 0 aliphatic heterocycles. The molecule has 0 heterocycles. The predicted octanol–water partition coefficient (Wildman–Crippen LogP) is 1.46. The van der Waals surface area contributed by atoms with Gasteiger partial charge in [-0.25, -0.2) is 0 Å². The number of hydrogen-bond acceptors (Lipinski definition) is 2. The second-order valence-corrected chi connectivity index (χ2v) is 3.35. The van der Waals surface area contributed by atoms with E-state index < -0.39 is 6.10 Å². The van der Waals surface area contributed by atoms with Crippen LogP contribution in [0.4, 0.5) is 0 Å². The molecule has 12 heavy (non-hydrogen) atoms. The van der Waals surface area contributed by atoms with Gasteiger partial charge in [0.2, 0.25) is 0 Å². The van der Waals surface area contributed by atoms with E-state index in [1.54, 1.807) is 6.08 Å². The minimum atomic E-state index is -0.585. The van der Waals surface area contributed by atoms with Crippen LogP contribution < -0.4 is 0 Å². The molecule has 0 radical (unpaired) electrons. The summed E-state index contributed by atoms with van der Waals surface area (Å²) >= 11 is 0. The lowest BCUT2D eigenvalue weighted by Crippen LogP contribution is -2.21. The monoisotopic (exact) mass is 166 g/mol. The van der Waals surface area contributed by atoms with E-state index in [9.17, 15) is 9.90 Å². The van der Waals surface area contributed by atoms with Gasteiger partial charge in [0, 0.05) is 5.57 Å². The summed E-state index contributed by atoms with van der Waals surface area (Å²) in [4.78, 5) is 10.4. The van der Waals surface area contributed by atoms with Gasteiger partial charge < -0.3 is 5.11 Å². The highest BCUT2D eigenvalue weighted by atomic mass is 16.3. The number of carbonyl (C=O) groups is 1. The molecule has 2 unspecified atom stereocenters. The van der Waals surface area contributed by atoms with Gasteiger partial charge in [0.15, 0.2) is 0 Å². The van der Waals surface area contributed by atoms with Crippen molar-refractivity contribution >= 4 is 6.29 Å². The summed E-state index contributed by atoms with van der Waals surface area (Å²) in [7, 11) is 0. The Morgan fingerprint density at radius 2 is 2.50 bits per heavy atom. The van der Waals surface area contributed by atoms with Crippen LogP contribution in [0.15, 0.2) is 23.8 Å². The van der Waals surface area contributed by atoms with Gasteiger partial charge in [-0.15, -0.1) is 0 Å². The summed E-state index contributed by atoms with van der Waals surface area (Å²) in [6.45, 7) is 5.79. The summed E-state index contributed by atoms with van der Waals surface area (Å²) in [6, 6.07) is 0. The van der Waals surface area contributed by atoms with Crippen LogP contribution in [-0.2, 0) is 4.79 Å². The third-order valence-electron chi connectivity index (χ3n) is 2.36. The van der Waals surface area contributed by atoms with E-state index >= 15 is 0 Å². The Kier molecular flexibility index (Phi) is 2.82. The van der Waals surface area contributed by atoms with Crippen molar-refractivity contribution in [2.75, 3.05) is 0 Å². The number of allylic oxidation sites excluding steroid dienone is 2. The van der Waals surface area contributed by atoms with Gasteiger partial charge in [0.05, 0.1) is 6.10 Å². The van der Waals surface area contributed by atoms with Crippen molar-refractivity contribution in [3.05, 3.63) is 23.8 Å².